The smallest absolute Gasteiger partial charge is 0.407 e. The number of amides is 3. The molecule has 8 rings (SSSR count). The van der Waals surface area contributed by atoms with E-state index in [2.05, 4.69) is 53.8 Å². The first-order chi connectivity index (χ1) is 33.9. The number of nitrogens with one attached hydrogen (secondary N) is 1. The molecule has 5 aromatic carbocycles. The summed E-state index contributed by atoms with van der Waals surface area (Å²) in [5.41, 5.74) is 6.36. The Morgan fingerprint density at radius 2 is 1.29 bits per heavy atom. The summed E-state index contributed by atoms with van der Waals surface area (Å²) in [4.78, 5) is 61.6. The number of rotatable bonds is 15. The minimum Gasteiger partial charge on any atom is -0.449 e. The van der Waals surface area contributed by atoms with E-state index in [1.165, 1.54) is 49.0 Å². The molecule has 1 unspecified atom stereocenters. The predicted octanol–water partition coefficient (Wildman–Crippen LogP) is 12.8. The van der Waals surface area contributed by atoms with E-state index in [9.17, 15) is 9.59 Å². The van der Waals surface area contributed by atoms with Gasteiger partial charge in [0.05, 0.1) is 0 Å². The average molecular weight is 965 g/mol. The number of halogens is 1. The van der Waals surface area contributed by atoms with Crippen molar-refractivity contribution in [3.8, 4) is 11.1 Å². The van der Waals surface area contributed by atoms with Crippen molar-refractivity contribution < 1.29 is 28.7 Å². The van der Waals surface area contributed by atoms with Crippen LogP contribution in [0.25, 0.3) is 11.1 Å². The first-order valence-corrected chi connectivity index (χ1v) is 26.1. The summed E-state index contributed by atoms with van der Waals surface area (Å²) in [6, 6.07) is 39.2. The highest BCUT2D eigenvalue weighted by atomic mass is 35.5. The van der Waals surface area contributed by atoms with Crippen LogP contribution >= 0.6 is 11.6 Å². The lowest BCUT2D eigenvalue weighted by atomic mass is 9.78. The number of fused-ring (bicyclic) bond motifs is 3. The molecule has 2 aliphatic carbocycles. The lowest BCUT2D eigenvalue weighted by Gasteiger charge is -2.39. The number of ether oxygens (including phenoxy) is 2. The molecule has 1 saturated heterocycles. The highest BCUT2D eigenvalue weighted by molar-refractivity contribution is 6.31. The highest BCUT2D eigenvalue weighted by Crippen LogP contribution is 2.46. The molecule has 1 N–H and O–H groups in total. The van der Waals surface area contributed by atoms with Gasteiger partial charge in [0.1, 0.15) is 24.7 Å². The van der Waals surface area contributed by atoms with Crippen LogP contribution in [0.5, 0.6) is 0 Å². The molecule has 0 radical (unpaired) electrons. The second-order valence-electron chi connectivity index (χ2n) is 20.1. The van der Waals surface area contributed by atoms with Crippen LogP contribution in [0.4, 0.5) is 4.79 Å². The molecule has 1 heterocycles. The molecule has 3 amide bonds. The fourth-order valence-electron chi connectivity index (χ4n) is 11.4. The molecule has 1 aliphatic heterocycles. The fourth-order valence-corrected chi connectivity index (χ4v) is 11.7. The molecule has 368 valence electrons. The van der Waals surface area contributed by atoms with Crippen molar-refractivity contribution in [1.29, 1.82) is 0 Å². The van der Waals surface area contributed by atoms with Gasteiger partial charge in [0.15, 0.2) is 5.60 Å². The SMILES string of the molecule is CC[C@H](C)[C@H](NC(=O)OCC1c2ccccc2-c2ccccc21)C(=O)N(C)[C@H](C(=O)N1CCC[C@H]1C(=O)OC(c1ccccc1)(c1ccc(C2CCCCCCCC2)cc1)c1ccccc1Cl)C(C)C. The van der Waals surface area contributed by atoms with Gasteiger partial charge >= 0.3 is 12.1 Å². The molecule has 0 bridgehead atoms. The van der Waals surface area contributed by atoms with Gasteiger partial charge in [0, 0.05) is 41.2 Å². The van der Waals surface area contributed by atoms with E-state index in [1.54, 1.807) is 11.9 Å². The largest absolute Gasteiger partial charge is 0.449 e. The van der Waals surface area contributed by atoms with Crippen LogP contribution < -0.4 is 5.32 Å². The Kier molecular flexibility index (Phi) is 16.5. The zero-order chi connectivity index (χ0) is 49.4. The van der Waals surface area contributed by atoms with Crippen LogP contribution in [0.1, 0.15) is 144 Å². The molecule has 0 spiro atoms. The Bertz CT molecular complexity index is 2550. The van der Waals surface area contributed by atoms with E-state index in [4.69, 9.17) is 21.1 Å². The third-order valence-electron chi connectivity index (χ3n) is 15.4. The van der Waals surface area contributed by atoms with E-state index in [1.807, 2.05) is 107 Å². The quantitative estimate of drug-likeness (QED) is 0.0828. The monoisotopic (exact) mass is 963 g/mol. The van der Waals surface area contributed by atoms with Crippen LogP contribution in [0.3, 0.4) is 0 Å². The van der Waals surface area contributed by atoms with Crippen LogP contribution in [0.15, 0.2) is 127 Å². The van der Waals surface area contributed by atoms with Crippen LogP contribution in [0, 0.1) is 11.8 Å². The summed E-state index contributed by atoms with van der Waals surface area (Å²) in [5.74, 6) is -1.61. The number of likely N-dealkylation sites (tertiary alicyclic amines) is 1. The Labute approximate surface area is 420 Å². The number of likely N-dealkylation sites (N-methyl/N-ethyl adjacent to an activating group) is 1. The van der Waals surface area contributed by atoms with Crippen molar-refractivity contribution in [3.63, 3.8) is 0 Å². The fraction of sp³-hybridized carbons (Fsp3) is 0.433. The first-order valence-electron chi connectivity index (χ1n) is 25.8. The zero-order valence-corrected chi connectivity index (χ0v) is 42.3. The average Bonchev–Trinajstić information content (AvgIpc) is 4.03. The lowest BCUT2D eigenvalue weighted by Crippen LogP contribution is -2.59. The summed E-state index contributed by atoms with van der Waals surface area (Å²) in [7, 11) is 1.61. The van der Waals surface area contributed by atoms with Crippen LogP contribution in [-0.2, 0) is 29.5 Å². The summed E-state index contributed by atoms with van der Waals surface area (Å²) < 4.78 is 12.9. The van der Waals surface area contributed by atoms with Crippen LogP contribution in [0.2, 0.25) is 5.02 Å². The van der Waals surface area contributed by atoms with Crippen molar-refractivity contribution >= 4 is 35.5 Å². The van der Waals surface area contributed by atoms with E-state index < -0.39 is 41.7 Å². The van der Waals surface area contributed by atoms with Gasteiger partial charge < -0.3 is 24.6 Å². The number of benzene rings is 5. The minimum atomic E-state index is -1.45. The van der Waals surface area contributed by atoms with Gasteiger partial charge in [-0.15, -0.1) is 0 Å². The highest BCUT2D eigenvalue weighted by Gasteiger charge is 2.48. The zero-order valence-electron chi connectivity index (χ0n) is 41.6. The molecule has 2 fully saturated rings. The molecule has 10 heteroatoms. The number of esters is 1. The molecule has 9 nitrogen and oxygen atoms in total. The summed E-state index contributed by atoms with van der Waals surface area (Å²) >= 11 is 7.12. The van der Waals surface area contributed by atoms with E-state index in [0.29, 0.717) is 42.3 Å². The number of hydrogen-bond donors (Lipinski definition) is 1. The third kappa shape index (κ3) is 10.6. The molecule has 0 aromatic heterocycles. The van der Waals surface area contributed by atoms with Crippen molar-refractivity contribution in [3.05, 3.63) is 166 Å². The van der Waals surface area contributed by atoms with Gasteiger partial charge in [-0.25, -0.2) is 9.59 Å². The van der Waals surface area contributed by atoms with Crippen molar-refractivity contribution in [2.24, 2.45) is 11.8 Å². The Morgan fingerprint density at radius 3 is 1.90 bits per heavy atom. The molecular weight excluding hydrogens is 894 g/mol. The van der Waals surface area contributed by atoms with Gasteiger partial charge in [0.2, 0.25) is 11.8 Å². The van der Waals surface area contributed by atoms with Gasteiger partial charge in [-0.2, -0.15) is 0 Å². The molecule has 70 heavy (non-hydrogen) atoms. The Hall–Kier alpha value is -5.93. The minimum absolute atomic E-state index is 0.102. The van der Waals surface area contributed by atoms with Gasteiger partial charge in [-0.3, -0.25) is 9.59 Å². The molecular formula is C60H70ClN3O6. The number of carbonyl (C=O) groups excluding carboxylic acids is 4. The van der Waals surface area contributed by atoms with Crippen molar-refractivity contribution in [2.75, 3.05) is 20.2 Å². The maximum Gasteiger partial charge on any atom is 0.407 e. The van der Waals surface area contributed by atoms with E-state index >= 15 is 9.59 Å². The van der Waals surface area contributed by atoms with Gasteiger partial charge in [0.25, 0.3) is 0 Å². The van der Waals surface area contributed by atoms with Gasteiger partial charge in [-0.05, 0) is 77.3 Å². The van der Waals surface area contributed by atoms with Crippen molar-refractivity contribution in [1.82, 2.24) is 15.1 Å². The first kappa shape index (κ1) is 50.5. The third-order valence-corrected chi connectivity index (χ3v) is 15.7. The number of alkyl carbamates (subject to hydrolysis) is 1. The topological polar surface area (TPSA) is 105 Å². The number of carbonyl (C=O) groups is 4. The Balaban J connectivity index is 1.03. The van der Waals surface area contributed by atoms with Gasteiger partial charge in [-0.1, -0.05) is 206 Å². The van der Waals surface area contributed by atoms with E-state index in [-0.39, 0.29) is 30.3 Å². The maximum absolute atomic E-state index is 15.2. The maximum atomic E-state index is 15.2. The summed E-state index contributed by atoms with van der Waals surface area (Å²) in [6.45, 7) is 8.08. The number of nitrogens with zero attached hydrogens (tertiary/aromatic N) is 2. The second kappa shape index (κ2) is 22.9. The molecule has 3 aliphatic rings. The normalized spacial score (nSPS) is 18.5. The van der Waals surface area contributed by atoms with Crippen molar-refractivity contribution in [2.45, 2.75) is 134 Å². The number of hydrogen-bond acceptors (Lipinski definition) is 6. The summed E-state index contributed by atoms with van der Waals surface area (Å²) in [5, 5.41) is 3.34. The lowest BCUT2D eigenvalue weighted by molar-refractivity contribution is -0.164. The standard InChI is InChI=1S/C60H70ClN3O6/c1-6-41(4)54(62-59(68)69-39-50-48-29-18-16-27-46(48)47-28-17-19-30-49(47)50)56(65)63(5)55(40(2)3)57(66)64-38-22-33-53(64)58(67)70-60(44-25-14-11-15-26-44,51-31-20-21-32-52(51)61)45-36-34-43(35-37-45)42-23-12-9-7-8-10-13-24-42/h11,14-21,25-32,34-37,40-42,50,53-55H,6-10,12-13,22-24,33,38-39H2,1-5H3,(H,62,68)/t41-,53-,54-,55-,60?/m0/s1. The second-order valence-corrected chi connectivity index (χ2v) is 20.5. The predicted molar refractivity (Wildman–Crippen MR) is 278 cm³/mol. The molecule has 5 atom stereocenters. The summed E-state index contributed by atoms with van der Waals surface area (Å²) in [6.07, 6.45) is 10.7. The van der Waals surface area contributed by atoms with E-state index in [0.717, 1.165) is 46.2 Å². The van der Waals surface area contributed by atoms with Crippen LogP contribution in [-0.4, -0.2) is 72.0 Å². The molecule has 1 saturated carbocycles. The Morgan fingerprint density at radius 1 is 0.714 bits per heavy atom. The molecule has 5 aromatic rings.